The van der Waals surface area contributed by atoms with Gasteiger partial charge in [-0.25, -0.2) is 4.98 Å². The highest BCUT2D eigenvalue weighted by molar-refractivity contribution is 7.98. The van der Waals surface area contributed by atoms with E-state index in [0.717, 1.165) is 12.2 Å². The molecule has 0 aliphatic rings. The van der Waals surface area contributed by atoms with E-state index < -0.39 is 0 Å². The highest BCUT2D eigenvalue weighted by Crippen LogP contribution is 2.09. The number of nitrogens with one attached hydrogen (secondary N) is 1. The molecule has 6 nitrogen and oxygen atoms in total. The standard InChI is InChI=1S/C7H9N5OS/c1-14-3-2-5-10-7(12-13-5)6-8-4-9-11-6/h4H,2-3H2,1H3,(H,8,9,11). The van der Waals surface area contributed by atoms with Gasteiger partial charge in [0.15, 0.2) is 5.82 Å². The highest BCUT2D eigenvalue weighted by atomic mass is 32.2. The first kappa shape index (κ1) is 9.20. The topological polar surface area (TPSA) is 80.5 Å². The molecule has 2 rings (SSSR count). The van der Waals surface area contributed by atoms with Crippen LogP contribution in [0, 0.1) is 0 Å². The Hall–Kier alpha value is -1.37. The predicted octanol–water partition coefficient (Wildman–Crippen LogP) is 0.760. The maximum atomic E-state index is 5.03. The minimum absolute atomic E-state index is 0.457. The van der Waals surface area contributed by atoms with Crippen LogP contribution in [0.3, 0.4) is 0 Å². The van der Waals surface area contributed by atoms with Crippen LogP contribution in [0.1, 0.15) is 5.89 Å². The molecule has 0 bridgehead atoms. The third kappa shape index (κ3) is 1.92. The Balaban J connectivity index is 2.10. The van der Waals surface area contributed by atoms with Crippen LogP contribution in [0.2, 0.25) is 0 Å². The molecule has 2 aromatic rings. The molecule has 2 aromatic heterocycles. The number of aromatic nitrogens is 5. The van der Waals surface area contributed by atoms with Crippen molar-refractivity contribution in [2.24, 2.45) is 0 Å². The summed E-state index contributed by atoms with van der Waals surface area (Å²) in [6.45, 7) is 0. The van der Waals surface area contributed by atoms with Gasteiger partial charge < -0.3 is 4.52 Å². The molecule has 0 atom stereocenters. The van der Waals surface area contributed by atoms with Gasteiger partial charge in [0, 0.05) is 12.2 Å². The molecule has 0 amide bonds. The number of hydrogen-bond donors (Lipinski definition) is 1. The second-order valence-corrected chi connectivity index (χ2v) is 3.57. The molecular weight excluding hydrogens is 202 g/mol. The number of aryl methyl sites for hydroxylation is 1. The molecule has 0 aliphatic carbocycles. The number of hydrogen-bond acceptors (Lipinski definition) is 6. The fraction of sp³-hybridized carbons (Fsp3) is 0.429. The van der Waals surface area contributed by atoms with Crippen molar-refractivity contribution in [2.75, 3.05) is 12.0 Å². The van der Waals surface area contributed by atoms with Gasteiger partial charge in [0.05, 0.1) is 0 Å². The first-order valence-electron chi connectivity index (χ1n) is 4.07. The third-order valence-corrected chi connectivity index (χ3v) is 2.23. The number of thioether (sulfide) groups is 1. The lowest BCUT2D eigenvalue weighted by molar-refractivity contribution is 0.383. The van der Waals surface area contributed by atoms with Crippen molar-refractivity contribution in [3.63, 3.8) is 0 Å². The quantitative estimate of drug-likeness (QED) is 0.804. The molecule has 0 spiro atoms. The van der Waals surface area contributed by atoms with E-state index in [1.807, 2.05) is 6.26 Å². The summed E-state index contributed by atoms with van der Waals surface area (Å²) in [5.41, 5.74) is 0. The van der Waals surface area contributed by atoms with Crippen LogP contribution < -0.4 is 0 Å². The summed E-state index contributed by atoms with van der Waals surface area (Å²) < 4.78 is 5.03. The minimum Gasteiger partial charge on any atom is -0.339 e. The summed E-state index contributed by atoms with van der Waals surface area (Å²) >= 11 is 1.74. The molecule has 0 aromatic carbocycles. The lowest BCUT2D eigenvalue weighted by atomic mass is 10.5. The van der Waals surface area contributed by atoms with Crippen LogP contribution in [0.4, 0.5) is 0 Å². The number of rotatable bonds is 4. The second-order valence-electron chi connectivity index (χ2n) is 2.59. The van der Waals surface area contributed by atoms with Gasteiger partial charge in [0.25, 0.3) is 0 Å². The van der Waals surface area contributed by atoms with Gasteiger partial charge in [-0.1, -0.05) is 5.16 Å². The first-order valence-corrected chi connectivity index (χ1v) is 5.47. The Bertz CT molecular complexity index is 384. The fourth-order valence-corrected chi connectivity index (χ4v) is 1.33. The zero-order chi connectivity index (χ0) is 9.80. The van der Waals surface area contributed by atoms with Gasteiger partial charge in [-0.2, -0.15) is 21.8 Å². The summed E-state index contributed by atoms with van der Waals surface area (Å²) in [6.07, 6.45) is 4.23. The zero-order valence-electron chi connectivity index (χ0n) is 7.60. The van der Waals surface area contributed by atoms with Gasteiger partial charge in [0.1, 0.15) is 6.33 Å². The third-order valence-electron chi connectivity index (χ3n) is 1.61. The van der Waals surface area contributed by atoms with E-state index in [-0.39, 0.29) is 0 Å². The van der Waals surface area contributed by atoms with Crippen LogP contribution in [0.5, 0.6) is 0 Å². The fourth-order valence-electron chi connectivity index (χ4n) is 0.955. The lowest BCUT2D eigenvalue weighted by Crippen LogP contribution is -1.88. The van der Waals surface area contributed by atoms with E-state index in [0.29, 0.717) is 17.5 Å². The molecule has 74 valence electrons. The molecular formula is C7H9N5OS. The monoisotopic (exact) mass is 211 g/mol. The van der Waals surface area contributed by atoms with Crippen molar-refractivity contribution in [1.82, 2.24) is 25.3 Å². The van der Waals surface area contributed by atoms with Crippen molar-refractivity contribution >= 4 is 11.8 Å². The van der Waals surface area contributed by atoms with E-state index in [1.54, 1.807) is 11.8 Å². The van der Waals surface area contributed by atoms with Gasteiger partial charge in [-0.15, -0.1) is 0 Å². The minimum atomic E-state index is 0.457. The smallest absolute Gasteiger partial charge is 0.239 e. The summed E-state index contributed by atoms with van der Waals surface area (Å²) in [4.78, 5) is 8.09. The number of aromatic amines is 1. The first-order chi connectivity index (χ1) is 6.90. The number of nitrogens with zero attached hydrogens (tertiary/aromatic N) is 4. The number of H-pyrrole nitrogens is 1. The molecule has 0 saturated carbocycles. The molecule has 14 heavy (non-hydrogen) atoms. The second kappa shape index (κ2) is 4.23. The summed E-state index contributed by atoms with van der Waals surface area (Å²) in [5.74, 6) is 2.59. The van der Waals surface area contributed by atoms with E-state index in [1.165, 1.54) is 6.33 Å². The summed E-state index contributed by atoms with van der Waals surface area (Å²) in [6, 6.07) is 0. The zero-order valence-corrected chi connectivity index (χ0v) is 8.41. The molecule has 7 heteroatoms. The molecule has 0 radical (unpaired) electrons. The van der Waals surface area contributed by atoms with E-state index in [2.05, 4.69) is 25.3 Å². The van der Waals surface area contributed by atoms with E-state index in [4.69, 9.17) is 4.52 Å². The Morgan fingerprint density at radius 2 is 2.50 bits per heavy atom. The Labute approximate surface area is 84.5 Å². The molecule has 0 saturated heterocycles. The average molecular weight is 211 g/mol. The highest BCUT2D eigenvalue weighted by Gasteiger charge is 2.09. The van der Waals surface area contributed by atoms with Gasteiger partial charge in [0.2, 0.25) is 11.7 Å². The van der Waals surface area contributed by atoms with Crippen molar-refractivity contribution in [3.8, 4) is 11.6 Å². The van der Waals surface area contributed by atoms with Crippen molar-refractivity contribution in [3.05, 3.63) is 12.2 Å². The van der Waals surface area contributed by atoms with E-state index >= 15 is 0 Å². The van der Waals surface area contributed by atoms with Crippen LogP contribution in [-0.4, -0.2) is 37.3 Å². The van der Waals surface area contributed by atoms with Crippen molar-refractivity contribution in [1.29, 1.82) is 0 Å². The average Bonchev–Trinajstić information content (AvgIpc) is 2.85. The van der Waals surface area contributed by atoms with Crippen LogP contribution in [0.25, 0.3) is 11.6 Å². The Kier molecular flexibility index (Phi) is 2.78. The predicted molar refractivity (Wildman–Crippen MR) is 51.8 cm³/mol. The molecule has 0 fully saturated rings. The van der Waals surface area contributed by atoms with E-state index in [9.17, 15) is 0 Å². The normalized spacial score (nSPS) is 10.6. The van der Waals surface area contributed by atoms with Gasteiger partial charge >= 0.3 is 0 Å². The lowest BCUT2D eigenvalue weighted by Gasteiger charge is -1.87. The van der Waals surface area contributed by atoms with Crippen molar-refractivity contribution in [2.45, 2.75) is 6.42 Å². The van der Waals surface area contributed by atoms with Crippen molar-refractivity contribution < 1.29 is 4.52 Å². The molecule has 2 heterocycles. The SMILES string of the molecule is CSCCc1nc(-c2ncn[nH]2)no1. The molecule has 0 aliphatic heterocycles. The summed E-state index contributed by atoms with van der Waals surface area (Å²) in [7, 11) is 0. The Morgan fingerprint density at radius 1 is 1.57 bits per heavy atom. The van der Waals surface area contributed by atoms with Gasteiger partial charge in [-0.05, 0) is 6.26 Å². The van der Waals surface area contributed by atoms with Crippen LogP contribution in [0.15, 0.2) is 10.9 Å². The van der Waals surface area contributed by atoms with Crippen LogP contribution >= 0.6 is 11.8 Å². The van der Waals surface area contributed by atoms with Gasteiger partial charge in [-0.3, -0.25) is 5.10 Å². The maximum Gasteiger partial charge on any atom is 0.239 e. The summed E-state index contributed by atoms with van der Waals surface area (Å²) in [5, 5.41) is 10.2. The molecule has 0 unspecified atom stereocenters. The Morgan fingerprint density at radius 3 is 3.21 bits per heavy atom. The van der Waals surface area contributed by atoms with Crippen LogP contribution in [-0.2, 0) is 6.42 Å². The largest absolute Gasteiger partial charge is 0.339 e. The molecule has 1 N–H and O–H groups in total. The maximum absolute atomic E-state index is 5.03.